The van der Waals surface area contributed by atoms with Gasteiger partial charge in [0.05, 0.1) is 11.4 Å². The van der Waals surface area contributed by atoms with Crippen LogP contribution in [0, 0.1) is 13.8 Å². The Morgan fingerprint density at radius 3 is 2.77 bits per heavy atom. The molecule has 0 atom stereocenters. The summed E-state index contributed by atoms with van der Waals surface area (Å²) in [4.78, 5) is 12.3. The van der Waals surface area contributed by atoms with Crippen LogP contribution in [0.1, 0.15) is 23.6 Å². The fourth-order valence-corrected chi connectivity index (χ4v) is 3.41. The summed E-state index contributed by atoms with van der Waals surface area (Å²) in [7, 11) is 0. The molecule has 0 aliphatic carbocycles. The molecule has 0 saturated carbocycles. The van der Waals surface area contributed by atoms with E-state index in [1.54, 1.807) is 4.68 Å². The van der Waals surface area contributed by atoms with Gasteiger partial charge in [-0.15, -0.1) is 5.10 Å². The number of carbonyl (C=O) groups excluding carboxylic acids is 1. The number of aryl methyl sites for hydroxylation is 3. The highest BCUT2D eigenvalue weighted by molar-refractivity contribution is 7.99. The number of para-hydroxylation sites is 1. The van der Waals surface area contributed by atoms with Crippen molar-refractivity contribution in [3.63, 3.8) is 0 Å². The van der Waals surface area contributed by atoms with Crippen molar-refractivity contribution in [3.8, 4) is 5.69 Å². The van der Waals surface area contributed by atoms with Crippen LogP contribution in [0.15, 0.2) is 47.6 Å². The van der Waals surface area contributed by atoms with Gasteiger partial charge in [0.2, 0.25) is 11.1 Å². The molecule has 3 rings (SSSR count). The van der Waals surface area contributed by atoms with Crippen LogP contribution >= 0.6 is 11.8 Å². The van der Waals surface area contributed by atoms with E-state index in [4.69, 9.17) is 0 Å². The number of nitrogens with zero attached hydrogens (tertiary/aromatic N) is 4. The van der Waals surface area contributed by atoms with Gasteiger partial charge in [-0.1, -0.05) is 54.6 Å². The van der Waals surface area contributed by atoms with E-state index < -0.39 is 0 Å². The average molecular weight is 367 g/mol. The van der Waals surface area contributed by atoms with E-state index in [1.807, 2.05) is 50.2 Å². The van der Waals surface area contributed by atoms with Crippen LogP contribution in [0.3, 0.4) is 0 Å². The summed E-state index contributed by atoms with van der Waals surface area (Å²) in [5.41, 5.74) is 5.16. The van der Waals surface area contributed by atoms with E-state index in [2.05, 4.69) is 33.8 Å². The first kappa shape index (κ1) is 18.1. The quantitative estimate of drug-likeness (QED) is 0.674. The zero-order valence-electron chi connectivity index (χ0n) is 15.1. The lowest BCUT2D eigenvalue weighted by Crippen LogP contribution is -2.15. The largest absolute Gasteiger partial charge is 0.325 e. The Morgan fingerprint density at radius 1 is 1.19 bits per heavy atom. The van der Waals surface area contributed by atoms with Gasteiger partial charge in [0.1, 0.15) is 0 Å². The third kappa shape index (κ3) is 4.11. The van der Waals surface area contributed by atoms with E-state index in [0.717, 1.165) is 28.9 Å². The number of rotatable bonds is 6. The topological polar surface area (TPSA) is 72.7 Å². The lowest BCUT2D eigenvalue weighted by molar-refractivity contribution is -0.113. The summed E-state index contributed by atoms with van der Waals surface area (Å²) in [6, 6.07) is 13.9. The molecule has 0 saturated heterocycles. The lowest BCUT2D eigenvalue weighted by Gasteiger charge is -2.10. The third-order valence-electron chi connectivity index (χ3n) is 4.03. The van der Waals surface area contributed by atoms with Crippen LogP contribution in [-0.4, -0.2) is 31.9 Å². The Bertz CT molecular complexity index is 922. The Hall–Kier alpha value is -2.67. The van der Waals surface area contributed by atoms with E-state index in [0.29, 0.717) is 5.16 Å². The first-order valence-corrected chi connectivity index (χ1v) is 9.43. The van der Waals surface area contributed by atoms with E-state index >= 15 is 0 Å². The fourth-order valence-electron chi connectivity index (χ4n) is 2.73. The van der Waals surface area contributed by atoms with E-state index in [9.17, 15) is 4.79 Å². The minimum Gasteiger partial charge on any atom is -0.325 e. The molecule has 0 aliphatic heterocycles. The fraction of sp³-hybridized carbons (Fsp3) is 0.263. The highest BCUT2D eigenvalue weighted by Crippen LogP contribution is 2.22. The molecular weight excluding hydrogens is 346 g/mol. The number of anilines is 1. The summed E-state index contributed by atoms with van der Waals surface area (Å²) in [6.45, 7) is 6.13. The van der Waals surface area contributed by atoms with Crippen LogP contribution in [0.4, 0.5) is 5.69 Å². The van der Waals surface area contributed by atoms with Crippen molar-refractivity contribution in [2.45, 2.75) is 32.3 Å². The normalized spacial score (nSPS) is 10.7. The molecule has 0 unspecified atom stereocenters. The molecule has 134 valence electrons. The minimum absolute atomic E-state index is 0.0777. The highest BCUT2D eigenvalue weighted by atomic mass is 32.2. The SMILES string of the molecule is CCc1ccccc1NC(=O)CSc1nnnn1-c1ccc(C)cc1C. The number of tetrazole rings is 1. The van der Waals surface area contributed by atoms with Crippen LogP contribution in [0.2, 0.25) is 0 Å². The van der Waals surface area contributed by atoms with Gasteiger partial charge in [-0.05, 0) is 54.0 Å². The van der Waals surface area contributed by atoms with E-state index in [1.165, 1.54) is 17.3 Å². The summed E-state index contributed by atoms with van der Waals surface area (Å²) >= 11 is 1.32. The zero-order chi connectivity index (χ0) is 18.5. The molecule has 2 aromatic carbocycles. The molecule has 1 N–H and O–H groups in total. The standard InChI is InChI=1S/C19H21N5OS/c1-4-15-7-5-6-8-16(15)20-18(25)12-26-19-21-22-23-24(19)17-10-9-13(2)11-14(17)3/h5-11H,4,12H2,1-3H3,(H,20,25). The molecular formula is C19H21N5OS. The Kier molecular flexibility index (Phi) is 5.68. The molecule has 0 fully saturated rings. The van der Waals surface area contributed by atoms with E-state index in [-0.39, 0.29) is 11.7 Å². The highest BCUT2D eigenvalue weighted by Gasteiger charge is 2.14. The third-order valence-corrected chi connectivity index (χ3v) is 4.95. The maximum atomic E-state index is 12.3. The van der Waals surface area contributed by atoms with Gasteiger partial charge in [-0.2, -0.15) is 4.68 Å². The summed E-state index contributed by atoms with van der Waals surface area (Å²) in [5, 5.41) is 15.4. The second-order valence-electron chi connectivity index (χ2n) is 6.01. The van der Waals surface area contributed by atoms with Gasteiger partial charge < -0.3 is 5.32 Å². The maximum Gasteiger partial charge on any atom is 0.234 e. The van der Waals surface area contributed by atoms with Crippen LogP contribution in [-0.2, 0) is 11.2 Å². The maximum absolute atomic E-state index is 12.3. The molecule has 0 aliphatic rings. The van der Waals surface area contributed by atoms with Crippen molar-refractivity contribution in [1.82, 2.24) is 20.2 Å². The molecule has 7 heteroatoms. The minimum atomic E-state index is -0.0777. The number of hydrogen-bond donors (Lipinski definition) is 1. The zero-order valence-corrected chi connectivity index (χ0v) is 15.9. The summed E-state index contributed by atoms with van der Waals surface area (Å²) in [6.07, 6.45) is 0.870. The van der Waals surface area contributed by atoms with Crippen LogP contribution in [0.25, 0.3) is 5.69 Å². The first-order chi connectivity index (χ1) is 12.6. The summed E-state index contributed by atoms with van der Waals surface area (Å²) in [5.74, 6) is 0.162. The van der Waals surface area contributed by atoms with Crippen molar-refractivity contribution >= 4 is 23.4 Å². The number of benzene rings is 2. The number of nitrogens with one attached hydrogen (secondary N) is 1. The number of thioether (sulfide) groups is 1. The molecule has 26 heavy (non-hydrogen) atoms. The Balaban J connectivity index is 1.69. The molecule has 0 bridgehead atoms. The van der Waals surface area contributed by atoms with Crippen LogP contribution in [0.5, 0.6) is 0 Å². The Morgan fingerprint density at radius 2 is 2.00 bits per heavy atom. The predicted octanol–water partition coefficient (Wildman–Crippen LogP) is 3.57. The molecule has 0 spiro atoms. The number of aromatic nitrogens is 4. The first-order valence-electron chi connectivity index (χ1n) is 8.45. The number of hydrogen-bond acceptors (Lipinski definition) is 5. The number of carbonyl (C=O) groups is 1. The van der Waals surface area contributed by atoms with Gasteiger partial charge >= 0.3 is 0 Å². The molecule has 1 amide bonds. The predicted molar refractivity (Wildman–Crippen MR) is 104 cm³/mol. The Labute approximate surface area is 157 Å². The molecule has 1 aromatic heterocycles. The van der Waals surface area contributed by atoms with Gasteiger partial charge in [0.15, 0.2) is 0 Å². The van der Waals surface area contributed by atoms with Gasteiger partial charge in [0, 0.05) is 5.69 Å². The average Bonchev–Trinajstić information content (AvgIpc) is 3.09. The monoisotopic (exact) mass is 367 g/mol. The van der Waals surface area contributed by atoms with Crippen molar-refractivity contribution in [1.29, 1.82) is 0 Å². The second kappa shape index (κ2) is 8.14. The van der Waals surface area contributed by atoms with Gasteiger partial charge in [-0.3, -0.25) is 4.79 Å². The number of amides is 1. The van der Waals surface area contributed by atoms with Gasteiger partial charge in [0.25, 0.3) is 0 Å². The molecule has 1 heterocycles. The molecule has 0 radical (unpaired) electrons. The van der Waals surface area contributed by atoms with Crippen molar-refractivity contribution in [3.05, 3.63) is 59.2 Å². The molecule has 3 aromatic rings. The molecule has 6 nitrogen and oxygen atoms in total. The lowest BCUT2D eigenvalue weighted by atomic mass is 10.1. The van der Waals surface area contributed by atoms with Crippen molar-refractivity contribution in [2.24, 2.45) is 0 Å². The van der Waals surface area contributed by atoms with Gasteiger partial charge in [-0.25, -0.2) is 0 Å². The van der Waals surface area contributed by atoms with Crippen LogP contribution < -0.4 is 5.32 Å². The second-order valence-corrected chi connectivity index (χ2v) is 6.95. The van der Waals surface area contributed by atoms with Crippen molar-refractivity contribution in [2.75, 3.05) is 11.1 Å². The van der Waals surface area contributed by atoms with Crippen molar-refractivity contribution < 1.29 is 4.79 Å². The smallest absolute Gasteiger partial charge is 0.234 e. The summed E-state index contributed by atoms with van der Waals surface area (Å²) < 4.78 is 1.67.